The van der Waals surface area contributed by atoms with Crippen molar-refractivity contribution in [1.29, 1.82) is 0 Å². The maximum atomic E-state index is 13.2. The van der Waals surface area contributed by atoms with Gasteiger partial charge >= 0.3 is 5.97 Å². The van der Waals surface area contributed by atoms with E-state index in [1.165, 1.54) is 18.2 Å². The molecule has 0 unspecified atom stereocenters. The fraction of sp³-hybridized carbons (Fsp3) is 0.0312. The van der Waals surface area contributed by atoms with Crippen molar-refractivity contribution < 1.29 is 29.0 Å². The highest BCUT2D eigenvalue weighted by Crippen LogP contribution is 2.32. The summed E-state index contributed by atoms with van der Waals surface area (Å²) >= 11 is 6.19. The molecule has 1 aliphatic heterocycles. The zero-order valence-corrected chi connectivity index (χ0v) is 22.0. The summed E-state index contributed by atoms with van der Waals surface area (Å²) in [5.74, 6) is -2.34. The van der Waals surface area contributed by atoms with Crippen LogP contribution in [0.2, 0.25) is 5.02 Å². The lowest BCUT2D eigenvalue weighted by Crippen LogP contribution is -2.29. The number of phenolic OH excluding ortho intramolecular Hbond substituents is 1. The molecule has 2 heterocycles. The van der Waals surface area contributed by atoms with Gasteiger partial charge in [-0.25, -0.2) is 14.7 Å². The van der Waals surface area contributed by atoms with E-state index in [-0.39, 0.29) is 16.9 Å². The van der Waals surface area contributed by atoms with Crippen LogP contribution in [-0.2, 0) is 4.74 Å². The number of Topliss-reactive ketones (excluding diaryl/α,β-unsaturated/α-hetero) is 1. The van der Waals surface area contributed by atoms with Crippen LogP contribution in [0, 0.1) is 0 Å². The van der Waals surface area contributed by atoms with Gasteiger partial charge in [-0.3, -0.25) is 14.4 Å². The highest BCUT2D eigenvalue weighted by Gasteiger charge is 2.36. The number of benzene rings is 4. The summed E-state index contributed by atoms with van der Waals surface area (Å²) in [5.41, 5.74) is 2.78. The van der Waals surface area contributed by atoms with E-state index in [0.29, 0.717) is 44.0 Å². The van der Waals surface area contributed by atoms with Gasteiger partial charge in [0.25, 0.3) is 11.8 Å². The number of aromatic hydroxyl groups is 1. The maximum Gasteiger partial charge on any atom is 0.339 e. The highest BCUT2D eigenvalue weighted by molar-refractivity contribution is 6.34. The Morgan fingerprint density at radius 1 is 0.805 bits per heavy atom. The third-order valence-corrected chi connectivity index (χ3v) is 6.98. The fourth-order valence-corrected chi connectivity index (χ4v) is 4.89. The molecule has 0 bridgehead atoms. The first-order chi connectivity index (χ1) is 19.8. The van der Waals surface area contributed by atoms with Crippen LogP contribution in [0.15, 0.2) is 97.1 Å². The van der Waals surface area contributed by atoms with Crippen LogP contribution in [0.1, 0.15) is 41.4 Å². The number of aromatic nitrogens is 1. The number of imide groups is 1. The Morgan fingerprint density at radius 2 is 1.46 bits per heavy atom. The average molecular weight is 563 g/mol. The summed E-state index contributed by atoms with van der Waals surface area (Å²) < 4.78 is 5.33. The number of nitrogens with zero attached hydrogens (tertiary/aromatic N) is 2. The van der Waals surface area contributed by atoms with Crippen LogP contribution < -0.4 is 4.90 Å². The molecular formula is C32H19ClN2O6. The number of ketones is 1. The second kappa shape index (κ2) is 10.3. The minimum Gasteiger partial charge on any atom is -0.507 e. The normalized spacial score (nSPS) is 12.5. The SMILES string of the molecule is O=C(COC(=O)c1cc(-c2ccc(N3C(=O)c4ccccc4C3=O)cc2)nc2ccc(Cl)cc12)c1ccccc1O. The van der Waals surface area contributed by atoms with Crippen LogP contribution in [0.4, 0.5) is 5.69 Å². The lowest BCUT2D eigenvalue weighted by molar-refractivity contribution is 0.0475. The second-order valence-electron chi connectivity index (χ2n) is 9.27. The van der Waals surface area contributed by atoms with Gasteiger partial charge in [0.1, 0.15) is 5.75 Å². The van der Waals surface area contributed by atoms with Crippen molar-refractivity contribution in [2.75, 3.05) is 11.5 Å². The molecule has 0 saturated heterocycles. The molecule has 0 atom stereocenters. The molecule has 1 aromatic heterocycles. The smallest absolute Gasteiger partial charge is 0.339 e. The Bertz CT molecular complexity index is 1870. The summed E-state index contributed by atoms with van der Waals surface area (Å²) in [6.07, 6.45) is 0. The van der Waals surface area contributed by atoms with Gasteiger partial charge in [0.2, 0.25) is 5.78 Å². The van der Waals surface area contributed by atoms with E-state index >= 15 is 0 Å². The molecule has 0 fully saturated rings. The van der Waals surface area contributed by atoms with Crippen LogP contribution in [-0.4, -0.2) is 40.3 Å². The quantitative estimate of drug-likeness (QED) is 0.151. The Morgan fingerprint density at radius 3 is 2.15 bits per heavy atom. The van der Waals surface area contributed by atoms with Crippen molar-refractivity contribution in [3.05, 3.63) is 124 Å². The molecule has 0 radical (unpaired) electrons. The number of esters is 1. The Hall–Kier alpha value is -5.34. The number of rotatable bonds is 6. The summed E-state index contributed by atoms with van der Waals surface area (Å²) in [4.78, 5) is 57.3. The van der Waals surface area contributed by atoms with E-state index in [0.717, 1.165) is 4.90 Å². The first kappa shape index (κ1) is 25.9. The number of pyridine rings is 1. The van der Waals surface area contributed by atoms with Crippen LogP contribution in [0.25, 0.3) is 22.2 Å². The Kier molecular flexibility index (Phi) is 6.53. The van der Waals surface area contributed by atoms with E-state index in [1.54, 1.807) is 78.9 Å². The molecule has 0 aliphatic carbocycles. The molecule has 1 N–H and O–H groups in total. The topological polar surface area (TPSA) is 114 Å². The average Bonchev–Trinajstić information content (AvgIpc) is 3.25. The molecule has 2 amide bonds. The number of halogens is 1. The van der Waals surface area contributed by atoms with Crippen molar-refractivity contribution in [2.24, 2.45) is 0 Å². The third kappa shape index (κ3) is 4.70. The van der Waals surface area contributed by atoms with E-state index < -0.39 is 30.2 Å². The maximum absolute atomic E-state index is 13.2. The Balaban J connectivity index is 1.30. The summed E-state index contributed by atoms with van der Waals surface area (Å²) in [6, 6.07) is 25.7. The third-order valence-electron chi connectivity index (χ3n) is 6.74. The van der Waals surface area contributed by atoms with Crippen molar-refractivity contribution in [3.63, 3.8) is 0 Å². The largest absolute Gasteiger partial charge is 0.507 e. The zero-order valence-electron chi connectivity index (χ0n) is 21.2. The molecule has 200 valence electrons. The van der Waals surface area contributed by atoms with Gasteiger partial charge in [-0.05, 0) is 60.7 Å². The van der Waals surface area contributed by atoms with Crippen LogP contribution in [0.5, 0.6) is 5.75 Å². The first-order valence-electron chi connectivity index (χ1n) is 12.5. The molecule has 0 saturated carbocycles. The molecule has 9 heteroatoms. The van der Waals surface area contributed by atoms with Crippen LogP contribution in [0.3, 0.4) is 0 Å². The van der Waals surface area contributed by atoms with Gasteiger partial charge < -0.3 is 9.84 Å². The number of hydrogen-bond acceptors (Lipinski definition) is 7. The fourth-order valence-electron chi connectivity index (χ4n) is 4.72. The standard InChI is InChI=1S/C32H19ClN2O6/c33-19-11-14-26-24(15-19)25(32(40)41-17-29(37)23-7-3-4-8-28(23)36)16-27(34-26)18-9-12-20(13-10-18)35-30(38)21-5-1-2-6-22(21)31(35)39/h1-16,36H,17H2. The van der Waals surface area contributed by atoms with E-state index in [4.69, 9.17) is 16.3 Å². The zero-order chi connectivity index (χ0) is 28.7. The molecule has 1 aliphatic rings. The second-order valence-corrected chi connectivity index (χ2v) is 9.71. The van der Waals surface area contributed by atoms with Gasteiger partial charge in [-0.15, -0.1) is 0 Å². The molecule has 0 spiro atoms. The van der Waals surface area contributed by atoms with Crippen molar-refractivity contribution in [3.8, 4) is 17.0 Å². The number of carbonyl (C=O) groups excluding carboxylic acids is 4. The van der Waals surface area contributed by atoms with E-state index in [1.807, 2.05) is 0 Å². The van der Waals surface area contributed by atoms with E-state index in [2.05, 4.69) is 4.98 Å². The van der Waals surface area contributed by atoms with Crippen LogP contribution >= 0.6 is 11.6 Å². The molecular weight excluding hydrogens is 544 g/mol. The van der Waals surface area contributed by atoms with Gasteiger partial charge in [-0.2, -0.15) is 0 Å². The first-order valence-corrected chi connectivity index (χ1v) is 12.9. The number of hydrogen-bond donors (Lipinski definition) is 1. The molecule has 4 aromatic carbocycles. The minimum absolute atomic E-state index is 0.0433. The lowest BCUT2D eigenvalue weighted by atomic mass is 10.0. The predicted molar refractivity (Wildman–Crippen MR) is 152 cm³/mol. The van der Waals surface area contributed by atoms with Gasteiger partial charge in [0, 0.05) is 16.0 Å². The van der Waals surface area contributed by atoms with Gasteiger partial charge in [0.15, 0.2) is 6.61 Å². The molecule has 6 rings (SSSR count). The lowest BCUT2D eigenvalue weighted by Gasteiger charge is -2.15. The van der Waals surface area contributed by atoms with E-state index in [9.17, 15) is 24.3 Å². The minimum atomic E-state index is -0.771. The summed E-state index contributed by atoms with van der Waals surface area (Å²) in [5, 5.41) is 10.8. The highest BCUT2D eigenvalue weighted by atomic mass is 35.5. The molecule has 8 nitrogen and oxygen atoms in total. The number of ether oxygens (including phenoxy) is 1. The number of carbonyl (C=O) groups is 4. The monoisotopic (exact) mass is 562 g/mol. The Labute approximate surface area is 238 Å². The molecule has 5 aromatic rings. The number of anilines is 1. The van der Waals surface area contributed by atoms with Crippen molar-refractivity contribution in [1.82, 2.24) is 4.98 Å². The molecule has 41 heavy (non-hydrogen) atoms. The summed E-state index contributed by atoms with van der Waals surface area (Å²) in [7, 11) is 0. The van der Waals surface area contributed by atoms with Crippen molar-refractivity contribution >= 4 is 51.8 Å². The number of amides is 2. The number of fused-ring (bicyclic) bond motifs is 2. The van der Waals surface area contributed by atoms with Gasteiger partial charge in [-0.1, -0.05) is 48.0 Å². The van der Waals surface area contributed by atoms with Crippen molar-refractivity contribution in [2.45, 2.75) is 0 Å². The summed E-state index contributed by atoms with van der Waals surface area (Å²) in [6.45, 7) is -0.578. The van der Waals surface area contributed by atoms with Gasteiger partial charge in [0.05, 0.1) is 39.2 Å². The number of phenols is 1. The number of para-hydroxylation sites is 1. The predicted octanol–water partition coefficient (Wildman–Crippen LogP) is 6.10.